The minimum Gasteiger partial charge on any atom is -0.494 e. The van der Waals surface area contributed by atoms with Crippen LogP contribution in [0.25, 0.3) is 0 Å². The van der Waals surface area contributed by atoms with Gasteiger partial charge >= 0.3 is 0 Å². The van der Waals surface area contributed by atoms with Crippen LogP contribution in [0, 0.1) is 35.0 Å². The lowest BCUT2D eigenvalue weighted by molar-refractivity contribution is -0.142. The smallest absolute Gasteiger partial charge is 0.279 e. The standard InChI is InChI=1S/C40H62N4O3/c1-9-14-18-30(12-4)26-43(27-31(13-5)19-15-10-2)32-21-22-35(36(24-32)47-8)42-38-37(29(7)11-3)34(25-41)39(45)44(40(38)46)33-20-16-17-28(6)23-33/h21-22,24,28-31,33H,9-20,23,26-27H2,1-8H3. The van der Waals surface area contributed by atoms with Gasteiger partial charge in [-0.05, 0) is 67.9 Å². The average Bonchev–Trinajstić information content (AvgIpc) is 3.08. The Labute approximate surface area is 285 Å². The van der Waals surface area contributed by atoms with Crippen LogP contribution in [0.15, 0.2) is 34.3 Å². The average molecular weight is 647 g/mol. The van der Waals surface area contributed by atoms with Crippen molar-refractivity contribution in [3.63, 3.8) is 0 Å². The molecule has 1 heterocycles. The van der Waals surface area contributed by atoms with Gasteiger partial charge in [-0.3, -0.25) is 14.5 Å². The topological polar surface area (TPSA) is 86.0 Å². The Morgan fingerprint density at radius 2 is 1.62 bits per heavy atom. The maximum atomic E-state index is 14.3. The molecule has 1 aromatic carbocycles. The van der Waals surface area contributed by atoms with Crippen molar-refractivity contribution in [2.75, 3.05) is 25.1 Å². The Balaban J connectivity index is 2.11. The maximum Gasteiger partial charge on any atom is 0.279 e. The van der Waals surface area contributed by atoms with E-state index < -0.39 is 5.91 Å². The lowest BCUT2D eigenvalue weighted by Crippen LogP contribution is -2.53. The van der Waals surface area contributed by atoms with Crippen molar-refractivity contribution in [1.29, 1.82) is 5.26 Å². The molecule has 1 aliphatic heterocycles. The Bertz CT molecular complexity index is 1280. The predicted octanol–water partition coefficient (Wildman–Crippen LogP) is 9.82. The van der Waals surface area contributed by atoms with E-state index in [1.807, 2.05) is 19.9 Å². The summed E-state index contributed by atoms with van der Waals surface area (Å²) in [5.74, 6) is 1.21. The van der Waals surface area contributed by atoms with Crippen LogP contribution in [0.4, 0.5) is 11.4 Å². The summed E-state index contributed by atoms with van der Waals surface area (Å²) in [6.45, 7) is 17.3. The number of imide groups is 1. The van der Waals surface area contributed by atoms with Crippen LogP contribution < -0.4 is 9.64 Å². The SMILES string of the molecule is CCCCC(CC)CN(CC(CC)CCCC)c1ccc(N=C2C(=O)N(C3CCCC(C)C3)C(=O)C(C#N)=C2C(C)CC)c(OC)c1. The number of nitriles is 1. The van der Waals surface area contributed by atoms with Crippen LogP contribution in [-0.2, 0) is 9.59 Å². The lowest BCUT2D eigenvalue weighted by Gasteiger charge is -2.38. The molecule has 5 unspecified atom stereocenters. The Hall–Kier alpha value is -3.14. The number of carbonyl (C=O) groups is 2. The van der Waals surface area contributed by atoms with E-state index in [-0.39, 0.29) is 29.2 Å². The summed E-state index contributed by atoms with van der Waals surface area (Å²) in [5.41, 5.74) is 2.36. The van der Waals surface area contributed by atoms with Crippen molar-refractivity contribution in [2.45, 2.75) is 138 Å². The van der Waals surface area contributed by atoms with Gasteiger partial charge in [-0.25, -0.2) is 4.99 Å². The summed E-state index contributed by atoms with van der Waals surface area (Å²) < 4.78 is 5.95. The summed E-state index contributed by atoms with van der Waals surface area (Å²) in [6.07, 6.45) is 13.9. The number of anilines is 1. The van der Waals surface area contributed by atoms with E-state index in [0.717, 1.165) is 57.3 Å². The minimum absolute atomic E-state index is 0.0491. The molecule has 7 nitrogen and oxygen atoms in total. The fraction of sp³-hybridized carbons (Fsp3) is 0.700. The van der Waals surface area contributed by atoms with Gasteiger partial charge in [0.15, 0.2) is 0 Å². The molecule has 2 amide bonds. The molecule has 0 bridgehead atoms. The highest BCUT2D eigenvalue weighted by molar-refractivity contribution is 6.51. The van der Waals surface area contributed by atoms with Crippen molar-refractivity contribution in [2.24, 2.45) is 28.7 Å². The number of nitrogens with zero attached hydrogens (tertiary/aromatic N) is 4. The molecule has 1 saturated carbocycles. The van der Waals surface area contributed by atoms with E-state index in [2.05, 4.69) is 57.7 Å². The summed E-state index contributed by atoms with van der Waals surface area (Å²) >= 11 is 0. The number of hydrogen-bond donors (Lipinski definition) is 0. The first-order valence-corrected chi connectivity index (χ1v) is 18.7. The van der Waals surface area contributed by atoms with E-state index in [1.54, 1.807) is 7.11 Å². The normalized spacial score (nSPS) is 21.5. The minimum atomic E-state index is -0.467. The van der Waals surface area contributed by atoms with Gasteiger partial charge in [0.05, 0.1) is 7.11 Å². The second-order valence-electron chi connectivity index (χ2n) is 14.2. The monoisotopic (exact) mass is 646 g/mol. The van der Waals surface area contributed by atoms with Crippen molar-refractivity contribution < 1.29 is 14.3 Å². The Kier molecular flexibility index (Phi) is 15.5. The molecule has 5 atom stereocenters. The summed E-state index contributed by atoms with van der Waals surface area (Å²) in [5, 5.41) is 10.3. The van der Waals surface area contributed by atoms with Gasteiger partial charge in [0.2, 0.25) is 0 Å². The first-order valence-electron chi connectivity index (χ1n) is 18.7. The number of rotatable bonds is 18. The van der Waals surface area contributed by atoms with Gasteiger partial charge in [0.25, 0.3) is 11.8 Å². The number of aliphatic imine (C=N–C) groups is 1. The quantitative estimate of drug-likeness (QED) is 0.148. The number of unbranched alkanes of at least 4 members (excludes halogenated alkanes) is 2. The van der Waals surface area contributed by atoms with Crippen LogP contribution in [-0.4, -0.2) is 48.7 Å². The zero-order valence-corrected chi connectivity index (χ0v) is 30.7. The largest absolute Gasteiger partial charge is 0.494 e. The third-order valence-corrected chi connectivity index (χ3v) is 10.7. The highest BCUT2D eigenvalue weighted by Gasteiger charge is 2.44. The Morgan fingerprint density at radius 1 is 0.979 bits per heavy atom. The van der Waals surface area contributed by atoms with Crippen LogP contribution in [0.3, 0.4) is 0 Å². The molecule has 2 aliphatic rings. The van der Waals surface area contributed by atoms with Crippen molar-refractivity contribution in [1.82, 2.24) is 4.90 Å². The van der Waals surface area contributed by atoms with Crippen molar-refractivity contribution in [3.8, 4) is 11.8 Å². The zero-order valence-electron chi connectivity index (χ0n) is 30.7. The van der Waals surface area contributed by atoms with E-state index >= 15 is 0 Å². The highest BCUT2D eigenvalue weighted by Crippen LogP contribution is 2.38. The summed E-state index contributed by atoms with van der Waals surface area (Å²) in [4.78, 5) is 36.9. The number of hydrogen-bond acceptors (Lipinski definition) is 6. The second-order valence-corrected chi connectivity index (χ2v) is 14.2. The first-order chi connectivity index (χ1) is 22.7. The second kappa shape index (κ2) is 19.0. The van der Waals surface area contributed by atoms with Gasteiger partial charge in [0.1, 0.15) is 28.8 Å². The molecule has 1 aliphatic carbocycles. The molecule has 7 heteroatoms. The highest BCUT2D eigenvalue weighted by atomic mass is 16.5. The third-order valence-electron chi connectivity index (χ3n) is 10.7. The number of ether oxygens (including phenoxy) is 1. The third kappa shape index (κ3) is 9.71. The first kappa shape index (κ1) is 38.3. The summed E-state index contributed by atoms with van der Waals surface area (Å²) in [6, 6.07) is 8.09. The van der Waals surface area contributed by atoms with E-state index in [9.17, 15) is 14.9 Å². The molecule has 0 N–H and O–H groups in total. The molecular formula is C40H62N4O3. The number of carbonyl (C=O) groups excluding carboxylic acids is 2. The molecule has 1 fully saturated rings. The summed E-state index contributed by atoms with van der Waals surface area (Å²) in [7, 11) is 1.65. The molecule has 1 aromatic rings. The maximum absolute atomic E-state index is 14.3. The molecule has 0 aromatic heterocycles. The number of benzene rings is 1. The van der Waals surface area contributed by atoms with E-state index in [4.69, 9.17) is 9.73 Å². The van der Waals surface area contributed by atoms with Gasteiger partial charge in [0, 0.05) is 36.5 Å². The van der Waals surface area contributed by atoms with Crippen molar-refractivity contribution in [3.05, 3.63) is 29.3 Å². The zero-order chi connectivity index (χ0) is 34.5. The number of amides is 2. The van der Waals surface area contributed by atoms with Gasteiger partial charge < -0.3 is 9.64 Å². The van der Waals surface area contributed by atoms with Crippen LogP contribution >= 0.6 is 0 Å². The fourth-order valence-electron chi connectivity index (χ4n) is 7.36. The molecule has 260 valence electrons. The number of methoxy groups -OCH3 is 1. The van der Waals surface area contributed by atoms with Crippen LogP contribution in [0.1, 0.15) is 132 Å². The predicted molar refractivity (Wildman–Crippen MR) is 194 cm³/mol. The molecular weight excluding hydrogens is 584 g/mol. The molecule has 0 saturated heterocycles. The van der Waals surface area contributed by atoms with Crippen molar-refractivity contribution >= 4 is 28.9 Å². The van der Waals surface area contributed by atoms with E-state index in [1.165, 1.54) is 43.4 Å². The van der Waals surface area contributed by atoms with Crippen LogP contribution in [0.2, 0.25) is 0 Å². The molecule has 0 spiro atoms. The van der Waals surface area contributed by atoms with Gasteiger partial charge in [-0.15, -0.1) is 0 Å². The van der Waals surface area contributed by atoms with Gasteiger partial charge in [-0.2, -0.15) is 5.26 Å². The molecule has 47 heavy (non-hydrogen) atoms. The van der Waals surface area contributed by atoms with E-state index in [0.29, 0.717) is 41.2 Å². The van der Waals surface area contributed by atoms with Gasteiger partial charge in [-0.1, -0.05) is 99.8 Å². The van der Waals surface area contributed by atoms with Crippen LogP contribution in [0.5, 0.6) is 5.75 Å². The lowest BCUT2D eigenvalue weighted by atomic mass is 9.82. The molecule has 3 rings (SSSR count). The Morgan fingerprint density at radius 3 is 2.13 bits per heavy atom. The fourth-order valence-corrected chi connectivity index (χ4v) is 7.36. The molecule has 0 radical (unpaired) electrons.